The number of aromatic nitrogens is 1. The maximum absolute atomic E-state index is 14.2. The van der Waals surface area contributed by atoms with Crippen LogP contribution in [0.3, 0.4) is 0 Å². The predicted molar refractivity (Wildman–Crippen MR) is 151 cm³/mol. The molecule has 0 unspecified atom stereocenters. The van der Waals surface area contributed by atoms with Crippen LogP contribution < -0.4 is 0 Å². The minimum absolute atomic E-state index is 0.116. The lowest BCUT2D eigenvalue weighted by Crippen LogP contribution is -2.60. The Morgan fingerprint density at radius 3 is 2.25 bits per heavy atom. The number of aromatic amines is 1. The number of carbonyl (C=O) groups excluding carboxylic acids is 1. The van der Waals surface area contributed by atoms with E-state index >= 15 is 0 Å². The summed E-state index contributed by atoms with van der Waals surface area (Å²) in [5, 5.41) is 1.13. The summed E-state index contributed by atoms with van der Waals surface area (Å²) >= 11 is 0. The molecule has 1 spiro atoms. The van der Waals surface area contributed by atoms with Gasteiger partial charge < -0.3 is 14.8 Å². The fourth-order valence-electron chi connectivity index (χ4n) is 7.19. The molecule has 1 fully saturated rings. The number of likely N-dealkylation sites (N-methyl/N-ethyl adjacent to an activating group) is 1. The van der Waals surface area contributed by atoms with Crippen LogP contribution in [-0.2, 0) is 24.6 Å². The first-order valence-corrected chi connectivity index (χ1v) is 13.9. The maximum Gasteiger partial charge on any atom is 0.417 e. The molecular weight excluding hydrogens is 511 g/mol. The van der Waals surface area contributed by atoms with Crippen molar-refractivity contribution in [2.45, 2.75) is 55.8 Å². The van der Waals surface area contributed by atoms with Crippen molar-refractivity contribution in [3.8, 4) is 0 Å². The Kier molecular flexibility index (Phi) is 6.53. The summed E-state index contributed by atoms with van der Waals surface area (Å²) in [5.74, 6) is -0.544. The third-order valence-electron chi connectivity index (χ3n) is 9.42. The highest BCUT2D eigenvalue weighted by molar-refractivity contribution is 5.97. The van der Waals surface area contributed by atoms with E-state index in [0.29, 0.717) is 25.8 Å². The summed E-state index contributed by atoms with van der Waals surface area (Å²) in [7, 11) is 4.22. The van der Waals surface area contributed by atoms with Crippen LogP contribution in [0.25, 0.3) is 10.9 Å². The molecule has 2 heterocycles. The van der Waals surface area contributed by atoms with E-state index in [9.17, 15) is 18.0 Å². The number of nitrogens with zero attached hydrogens (tertiary/aromatic N) is 2. The number of hydrogen-bond acceptors (Lipinski definition) is 2. The largest absolute Gasteiger partial charge is 0.417 e. The first kappa shape index (κ1) is 26.6. The lowest BCUT2D eigenvalue weighted by Gasteiger charge is -2.55. The minimum Gasteiger partial charge on any atom is -0.356 e. The average molecular weight is 546 g/mol. The quantitative estimate of drug-likeness (QED) is 0.295. The van der Waals surface area contributed by atoms with Crippen LogP contribution >= 0.6 is 0 Å². The molecule has 0 saturated heterocycles. The zero-order valence-corrected chi connectivity index (χ0v) is 22.9. The van der Waals surface area contributed by atoms with Crippen molar-refractivity contribution in [3.63, 3.8) is 0 Å². The first-order chi connectivity index (χ1) is 19.1. The molecule has 6 rings (SSSR count). The molecular formula is C33H34F3N3O. The Balaban J connectivity index is 1.44. The van der Waals surface area contributed by atoms with Gasteiger partial charge >= 0.3 is 6.18 Å². The molecule has 7 heteroatoms. The fourth-order valence-corrected chi connectivity index (χ4v) is 7.19. The summed E-state index contributed by atoms with van der Waals surface area (Å²) in [6, 6.07) is 23.7. The monoisotopic (exact) mass is 545 g/mol. The molecule has 4 nitrogen and oxygen atoms in total. The van der Waals surface area contributed by atoms with Crippen molar-refractivity contribution in [1.82, 2.24) is 14.8 Å². The van der Waals surface area contributed by atoms with E-state index < -0.39 is 23.2 Å². The van der Waals surface area contributed by atoms with E-state index in [2.05, 4.69) is 54.3 Å². The Hall–Kier alpha value is -3.58. The number of halogens is 3. The van der Waals surface area contributed by atoms with Crippen LogP contribution in [0.4, 0.5) is 13.2 Å². The van der Waals surface area contributed by atoms with Crippen molar-refractivity contribution in [2.75, 3.05) is 20.6 Å². The maximum atomic E-state index is 14.2. The zero-order chi connectivity index (χ0) is 28.1. The summed E-state index contributed by atoms with van der Waals surface area (Å²) in [5.41, 5.74) is 2.46. The number of hydrogen-bond donors (Lipinski definition) is 1. The smallest absolute Gasteiger partial charge is 0.356 e. The van der Waals surface area contributed by atoms with E-state index in [1.807, 2.05) is 24.3 Å². The van der Waals surface area contributed by atoms with Crippen molar-refractivity contribution in [1.29, 1.82) is 0 Å². The Morgan fingerprint density at radius 2 is 1.55 bits per heavy atom. The molecule has 1 aromatic heterocycles. The highest BCUT2D eigenvalue weighted by atomic mass is 19.4. The average Bonchev–Trinajstić information content (AvgIpc) is 3.34. The molecule has 0 atom stereocenters. The van der Waals surface area contributed by atoms with Crippen molar-refractivity contribution in [2.24, 2.45) is 0 Å². The van der Waals surface area contributed by atoms with Gasteiger partial charge in [0.25, 0.3) is 5.91 Å². The lowest BCUT2D eigenvalue weighted by atomic mass is 9.65. The minimum atomic E-state index is -4.61. The molecule has 1 N–H and O–H groups in total. The van der Waals surface area contributed by atoms with Gasteiger partial charge in [0, 0.05) is 28.7 Å². The Labute approximate surface area is 232 Å². The highest BCUT2D eigenvalue weighted by Crippen LogP contribution is 2.52. The molecule has 1 saturated carbocycles. The number of fused-ring (bicyclic) bond motifs is 4. The summed E-state index contributed by atoms with van der Waals surface area (Å²) in [4.78, 5) is 21.8. The molecule has 0 radical (unpaired) electrons. The van der Waals surface area contributed by atoms with E-state index in [1.165, 1.54) is 29.3 Å². The standard InChI is InChI=1S/C33H34F3N3O/c1-38(2)31(22-23-10-4-3-5-11-23)17-19-32(20-18-31)29-25(24-12-7-9-15-28(24)37-29)16-21-39(32)30(40)26-13-6-8-14-27(26)33(34,35)36/h3-15,37H,16-22H2,1-2H3. The molecule has 208 valence electrons. The summed E-state index contributed by atoms with van der Waals surface area (Å²) < 4.78 is 42.0. The first-order valence-electron chi connectivity index (χ1n) is 13.9. The van der Waals surface area contributed by atoms with Gasteiger partial charge in [0.05, 0.1) is 16.7 Å². The molecule has 40 heavy (non-hydrogen) atoms. The number of carbonyl (C=O) groups is 1. The predicted octanol–water partition coefficient (Wildman–Crippen LogP) is 7.20. The van der Waals surface area contributed by atoms with Crippen molar-refractivity contribution >= 4 is 16.8 Å². The van der Waals surface area contributed by atoms with Gasteiger partial charge in [-0.3, -0.25) is 4.79 Å². The molecule has 0 bridgehead atoms. The number of rotatable bonds is 4. The van der Waals surface area contributed by atoms with Crippen LogP contribution in [0, 0.1) is 0 Å². The molecule has 1 aliphatic heterocycles. The van der Waals surface area contributed by atoms with Crippen LogP contribution in [0.15, 0.2) is 78.9 Å². The van der Waals surface area contributed by atoms with Gasteiger partial charge in [-0.1, -0.05) is 60.7 Å². The molecule has 1 amide bonds. The fraction of sp³-hybridized carbons (Fsp3) is 0.364. The van der Waals surface area contributed by atoms with Gasteiger partial charge in [-0.05, 0) is 81.9 Å². The molecule has 1 aliphatic carbocycles. The van der Waals surface area contributed by atoms with Gasteiger partial charge in [0.15, 0.2) is 0 Å². The second kappa shape index (κ2) is 9.81. The lowest BCUT2D eigenvalue weighted by molar-refractivity contribution is -0.138. The van der Waals surface area contributed by atoms with E-state index in [-0.39, 0.29) is 11.1 Å². The molecule has 4 aromatic rings. The topological polar surface area (TPSA) is 39.3 Å². The van der Waals surface area contributed by atoms with Crippen molar-refractivity contribution in [3.05, 3.63) is 107 Å². The van der Waals surface area contributed by atoms with Gasteiger partial charge in [-0.25, -0.2) is 0 Å². The van der Waals surface area contributed by atoms with Crippen LogP contribution in [0.2, 0.25) is 0 Å². The van der Waals surface area contributed by atoms with Crippen LogP contribution in [0.1, 0.15) is 58.4 Å². The normalized spacial score (nSPS) is 23.1. The summed E-state index contributed by atoms with van der Waals surface area (Å²) in [6.07, 6.45) is -0.173. The Bertz CT molecular complexity index is 1530. The van der Waals surface area contributed by atoms with E-state index in [0.717, 1.165) is 41.9 Å². The van der Waals surface area contributed by atoms with E-state index in [1.54, 1.807) is 4.90 Å². The zero-order valence-electron chi connectivity index (χ0n) is 22.9. The number of alkyl halides is 3. The Morgan fingerprint density at radius 1 is 0.900 bits per heavy atom. The van der Waals surface area contributed by atoms with Crippen LogP contribution in [0.5, 0.6) is 0 Å². The van der Waals surface area contributed by atoms with Gasteiger partial charge in [0.1, 0.15) is 0 Å². The number of amides is 1. The van der Waals surface area contributed by atoms with Gasteiger partial charge in [-0.2, -0.15) is 13.2 Å². The van der Waals surface area contributed by atoms with Gasteiger partial charge in [0.2, 0.25) is 0 Å². The number of benzene rings is 3. The van der Waals surface area contributed by atoms with Crippen molar-refractivity contribution < 1.29 is 18.0 Å². The third kappa shape index (κ3) is 4.31. The second-order valence-corrected chi connectivity index (χ2v) is 11.6. The third-order valence-corrected chi connectivity index (χ3v) is 9.42. The number of para-hydroxylation sites is 1. The second-order valence-electron chi connectivity index (χ2n) is 11.6. The number of nitrogens with one attached hydrogen (secondary N) is 1. The number of H-pyrrole nitrogens is 1. The molecule has 3 aromatic carbocycles. The van der Waals surface area contributed by atoms with Crippen LogP contribution in [-0.4, -0.2) is 46.9 Å². The van der Waals surface area contributed by atoms with E-state index in [4.69, 9.17) is 0 Å². The van der Waals surface area contributed by atoms with Gasteiger partial charge in [-0.15, -0.1) is 0 Å². The highest BCUT2D eigenvalue weighted by Gasteiger charge is 2.53. The molecule has 2 aliphatic rings. The summed E-state index contributed by atoms with van der Waals surface area (Å²) in [6.45, 7) is 0.382. The SMILES string of the molecule is CN(C)C1(Cc2ccccc2)CCC2(CC1)c1[nH]c3ccccc3c1CCN2C(=O)c1ccccc1C(F)(F)F.